The maximum Gasteiger partial charge on any atom is 0.162 e. The minimum Gasteiger partial charge on any atom is -0.504 e. The van der Waals surface area contributed by atoms with E-state index in [1.807, 2.05) is 12.1 Å². The molecule has 0 saturated carbocycles. The van der Waals surface area contributed by atoms with Crippen LogP contribution in [0.2, 0.25) is 0 Å². The number of para-hydroxylation sites is 1. The zero-order chi connectivity index (χ0) is 12.3. The molecule has 1 aliphatic rings. The number of phenolic OH excluding ortho intramolecular Hbond substituents is 1. The van der Waals surface area contributed by atoms with E-state index in [0.717, 1.165) is 31.6 Å². The van der Waals surface area contributed by atoms with Gasteiger partial charge in [-0.25, -0.2) is 0 Å². The maximum absolute atomic E-state index is 10.2. The zero-order valence-electron chi connectivity index (χ0n) is 10.4. The first-order valence-electron chi connectivity index (χ1n) is 6.01. The third-order valence-electron chi connectivity index (χ3n) is 3.34. The molecule has 0 aliphatic carbocycles. The van der Waals surface area contributed by atoms with Gasteiger partial charge in [0.15, 0.2) is 11.5 Å². The average Bonchev–Trinajstić information content (AvgIpc) is 2.55. The van der Waals surface area contributed by atoms with Gasteiger partial charge in [0.05, 0.1) is 13.2 Å². The van der Waals surface area contributed by atoms with Gasteiger partial charge in [-0.2, -0.15) is 0 Å². The van der Waals surface area contributed by atoms with Crippen molar-refractivity contribution >= 4 is 0 Å². The number of benzene rings is 1. The number of methoxy groups -OCH3 is 1. The fourth-order valence-electron chi connectivity index (χ4n) is 2.32. The molecule has 94 valence electrons. The van der Waals surface area contributed by atoms with Crippen molar-refractivity contribution in [2.45, 2.75) is 12.5 Å². The van der Waals surface area contributed by atoms with E-state index in [1.165, 1.54) is 0 Å². The molecule has 17 heavy (non-hydrogen) atoms. The Labute approximate surface area is 102 Å². The number of phenols is 1. The molecule has 1 aromatic rings. The van der Waals surface area contributed by atoms with Crippen molar-refractivity contribution in [3.63, 3.8) is 0 Å². The summed E-state index contributed by atoms with van der Waals surface area (Å²) in [4.78, 5) is 2.27. The van der Waals surface area contributed by atoms with Crippen molar-refractivity contribution in [1.29, 1.82) is 0 Å². The molecule has 0 amide bonds. The topological polar surface area (TPSA) is 44.7 Å². The molecule has 1 saturated heterocycles. The van der Waals surface area contributed by atoms with Gasteiger partial charge in [-0.3, -0.25) is 4.90 Å². The highest BCUT2D eigenvalue weighted by molar-refractivity contribution is 5.47. The van der Waals surface area contributed by atoms with Crippen molar-refractivity contribution in [2.24, 2.45) is 0 Å². The minimum atomic E-state index is 0.201. The van der Waals surface area contributed by atoms with Gasteiger partial charge in [0.25, 0.3) is 0 Å². The Morgan fingerprint density at radius 1 is 1.47 bits per heavy atom. The molecular formula is C13H20N2O2. The van der Waals surface area contributed by atoms with E-state index in [0.29, 0.717) is 5.75 Å². The average molecular weight is 236 g/mol. The normalized spacial score (nSPS) is 22.1. The summed E-state index contributed by atoms with van der Waals surface area (Å²) < 4.78 is 5.15. The van der Waals surface area contributed by atoms with Crippen LogP contribution in [0.15, 0.2) is 18.2 Å². The molecule has 1 unspecified atom stereocenters. The lowest BCUT2D eigenvalue weighted by atomic mass is 10.0. The predicted octanol–water partition coefficient (Wildman–Crippen LogP) is 1.37. The lowest BCUT2D eigenvalue weighted by Crippen LogP contribution is -2.29. The second-order valence-electron chi connectivity index (χ2n) is 4.45. The van der Waals surface area contributed by atoms with Gasteiger partial charge in [-0.15, -0.1) is 0 Å². The van der Waals surface area contributed by atoms with Crippen LogP contribution in [0.5, 0.6) is 11.5 Å². The smallest absolute Gasteiger partial charge is 0.162 e. The number of aromatic hydroxyl groups is 1. The lowest BCUT2D eigenvalue weighted by molar-refractivity contribution is 0.254. The molecule has 1 aromatic carbocycles. The molecule has 0 aromatic heterocycles. The molecule has 0 bridgehead atoms. The summed E-state index contributed by atoms with van der Waals surface area (Å²) >= 11 is 0. The summed E-state index contributed by atoms with van der Waals surface area (Å²) in [5.74, 6) is 0.802. The van der Waals surface area contributed by atoms with Crippen molar-refractivity contribution in [1.82, 2.24) is 10.2 Å². The van der Waals surface area contributed by atoms with Gasteiger partial charge < -0.3 is 15.2 Å². The van der Waals surface area contributed by atoms with E-state index in [1.54, 1.807) is 13.2 Å². The van der Waals surface area contributed by atoms with Crippen LogP contribution in [0.3, 0.4) is 0 Å². The monoisotopic (exact) mass is 236 g/mol. The summed E-state index contributed by atoms with van der Waals surface area (Å²) in [6, 6.07) is 5.87. The van der Waals surface area contributed by atoms with E-state index >= 15 is 0 Å². The van der Waals surface area contributed by atoms with Crippen LogP contribution >= 0.6 is 0 Å². The zero-order valence-corrected chi connectivity index (χ0v) is 10.4. The molecular weight excluding hydrogens is 216 g/mol. The Hall–Kier alpha value is -1.26. The standard InChI is InChI=1S/C13H20N2O2/c1-15-8-4-7-14-9-11(15)10-5-3-6-12(17-2)13(10)16/h3,5-6,11,14,16H,4,7-9H2,1-2H3. The Balaban J connectivity index is 2.31. The van der Waals surface area contributed by atoms with Gasteiger partial charge in [-0.05, 0) is 32.6 Å². The Kier molecular flexibility index (Phi) is 3.86. The fraction of sp³-hybridized carbons (Fsp3) is 0.538. The lowest BCUT2D eigenvalue weighted by Gasteiger charge is -2.26. The third kappa shape index (κ3) is 2.53. The number of hydrogen-bond acceptors (Lipinski definition) is 4. The minimum absolute atomic E-state index is 0.201. The van der Waals surface area contributed by atoms with Gasteiger partial charge in [0, 0.05) is 12.1 Å². The molecule has 4 heteroatoms. The second-order valence-corrected chi connectivity index (χ2v) is 4.45. The quantitative estimate of drug-likeness (QED) is 0.814. The molecule has 1 aliphatic heterocycles. The summed E-state index contributed by atoms with van der Waals surface area (Å²) in [5, 5.41) is 13.6. The van der Waals surface area contributed by atoms with Crippen LogP contribution < -0.4 is 10.1 Å². The first-order chi connectivity index (χ1) is 8.24. The van der Waals surface area contributed by atoms with Gasteiger partial charge in [0.1, 0.15) is 0 Å². The first-order valence-corrected chi connectivity index (χ1v) is 6.01. The number of rotatable bonds is 2. The highest BCUT2D eigenvalue weighted by Crippen LogP contribution is 2.35. The highest BCUT2D eigenvalue weighted by Gasteiger charge is 2.23. The van der Waals surface area contributed by atoms with Crippen LogP contribution in [-0.4, -0.2) is 43.8 Å². The summed E-state index contributed by atoms with van der Waals surface area (Å²) in [6.45, 7) is 2.93. The second kappa shape index (κ2) is 5.38. The summed E-state index contributed by atoms with van der Waals surface area (Å²) in [6.07, 6.45) is 1.14. The maximum atomic E-state index is 10.2. The van der Waals surface area contributed by atoms with Gasteiger partial charge in [0.2, 0.25) is 0 Å². The largest absolute Gasteiger partial charge is 0.504 e. The molecule has 1 fully saturated rings. The van der Waals surface area contributed by atoms with Crippen molar-refractivity contribution in [3.8, 4) is 11.5 Å². The van der Waals surface area contributed by atoms with Gasteiger partial charge in [-0.1, -0.05) is 12.1 Å². The van der Waals surface area contributed by atoms with E-state index in [9.17, 15) is 5.11 Å². The highest BCUT2D eigenvalue weighted by atomic mass is 16.5. The summed E-state index contributed by atoms with van der Waals surface area (Å²) in [5.41, 5.74) is 0.932. The van der Waals surface area contributed by atoms with Crippen LogP contribution in [0.4, 0.5) is 0 Å². The van der Waals surface area contributed by atoms with E-state index in [-0.39, 0.29) is 11.8 Å². The van der Waals surface area contributed by atoms with E-state index < -0.39 is 0 Å². The Morgan fingerprint density at radius 3 is 3.06 bits per heavy atom. The number of nitrogens with zero attached hydrogens (tertiary/aromatic N) is 1. The molecule has 2 N–H and O–H groups in total. The Morgan fingerprint density at radius 2 is 2.29 bits per heavy atom. The number of likely N-dealkylation sites (N-methyl/N-ethyl adjacent to an activating group) is 1. The number of hydrogen-bond donors (Lipinski definition) is 2. The fourth-order valence-corrected chi connectivity index (χ4v) is 2.32. The summed E-state index contributed by atoms with van der Waals surface area (Å²) in [7, 11) is 3.67. The SMILES string of the molecule is COc1cccc(C2CNCCCN2C)c1O. The Bertz CT molecular complexity index is 382. The molecule has 4 nitrogen and oxygen atoms in total. The van der Waals surface area contributed by atoms with Crippen LogP contribution in [-0.2, 0) is 0 Å². The van der Waals surface area contributed by atoms with E-state index in [2.05, 4.69) is 17.3 Å². The van der Waals surface area contributed by atoms with Crippen LogP contribution in [0.1, 0.15) is 18.0 Å². The molecule has 0 radical (unpaired) electrons. The van der Waals surface area contributed by atoms with E-state index in [4.69, 9.17) is 4.74 Å². The van der Waals surface area contributed by atoms with Crippen molar-refractivity contribution in [2.75, 3.05) is 33.8 Å². The number of ether oxygens (including phenoxy) is 1. The predicted molar refractivity (Wildman–Crippen MR) is 67.5 cm³/mol. The molecule has 1 heterocycles. The van der Waals surface area contributed by atoms with Crippen LogP contribution in [0, 0.1) is 0 Å². The molecule has 0 spiro atoms. The third-order valence-corrected chi connectivity index (χ3v) is 3.34. The molecule has 1 atom stereocenters. The van der Waals surface area contributed by atoms with Crippen molar-refractivity contribution < 1.29 is 9.84 Å². The van der Waals surface area contributed by atoms with Crippen LogP contribution in [0.25, 0.3) is 0 Å². The molecule has 2 rings (SSSR count). The van der Waals surface area contributed by atoms with Crippen molar-refractivity contribution in [3.05, 3.63) is 23.8 Å². The first kappa shape index (κ1) is 12.2. The van der Waals surface area contributed by atoms with Gasteiger partial charge >= 0.3 is 0 Å². The number of nitrogens with one attached hydrogen (secondary N) is 1.